The SMILES string of the molecule is CCN(CC)CCNC(=O)c1ccc2c(c1)nc(-c1ccc(Cl)cc1Cl)n2Cc1ccc(Cl)cc1.Cl.Cl. The Labute approximate surface area is 244 Å². The van der Waals surface area contributed by atoms with Crippen molar-refractivity contribution in [3.05, 3.63) is 86.9 Å². The van der Waals surface area contributed by atoms with Crippen LogP contribution in [0.1, 0.15) is 29.8 Å². The fourth-order valence-corrected chi connectivity index (χ4v) is 4.67. The highest BCUT2D eigenvalue weighted by Gasteiger charge is 2.18. The first-order valence-corrected chi connectivity index (χ1v) is 12.7. The molecule has 0 unspecified atom stereocenters. The topological polar surface area (TPSA) is 50.2 Å². The maximum Gasteiger partial charge on any atom is 0.251 e. The smallest absolute Gasteiger partial charge is 0.251 e. The summed E-state index contributed by atoms with van der Waals surface area (Å²) < 4.78 is 2.09. The molecule has 0 spiro atoms. The Kier molecular flexibility index (Phi) is 12.0. The molecule has 0 aliphatic carbocycles. The number of hydrogen-bond acceptors (Lipinski definition) is 3. The van der Waals surface area contributed by atoms with Gasteiger partial charge in [-0.05, 0) is 67.2 Å². The van der Waals surface area contributed by atoms with Crippen LogP contribution in [-0.2, 0) is 6.54 Å². The van der Waals surface area contributed by atoms with Gasteiger partial charge in [-0.2, -0.15) is 0 Å². The van der Waals surface area contributed by atoms with Gasteiger partial charge in [-0.3, -0.25) is 4.79 Å². The minimum Gasteiger partial charge on any atom is -0.351 e. The van der Waals surface area contributed by atoms with Crippen LogP contribution in [0.25, 0.3) is 22.4 Å². The molecule has 3 aromatic carbocycles. The van der Waals surface area contributed by atoms with Crippen LogP contribution in [0.3, 0.4) is 0 Å². The Morgan fingerprint density at radius 3 is 2.24 bits per heavy atom. The number of likely N-dealkylation sites (N-methyl/N-ethyl adjacent to an activating group) is 1. The van der Waals surface area contributed by atoms with E-state index in [0.29, 0.717) is 39.5 Å². The number of nitrogens with zero attached hydrogens (tertiary/aromatic N) is 3. The van der Waals surface area contributed by atoms with Gasteiger partial charge in [0.15, 0.2) is 0 Å². The van der Waals surface area contributed by atoms with Crippen molar-refractivity contribution in [3.8, 4) is 11.4 Å². The Balaban J connectivity index is 0.00000241. The molecule has 198 valence electrons. The third-order valence-corrected chi connectivity index (χ3v) is 6.84. The quantitative estimate of drug-likeness (QED) is 0.214. The normalized spacial score (nSPS) is 10.8. The van der Waals surface area contributed by atoms with Crippen molar-refractivity contribution in [3.63, 3.8) is 0 Å². The number of carbonyl (C=O) groups excluding carboxylic acids is 1. The van der Waals surface area contributed by atoms with E-state index >= 15 is 0 Å². The second-order valence-corrected chi connectivity index (χ2v) is 9.54. The predicted octanol–water partition coefficient (Wildman–Crippen LogP) is 7.63. The van der Waals surface area contributed by atoms with Crippen molar-refractivity contribution in [1.82, 2.24) is 19.8 Å². The molecular formula is C27H29Cl5N4O. The van der Waals surface area contributed by atoms with Gasteiger partial charge in [0.05, 0.1) is 16.1 Å². The maximum absolute atomic E-state index is 12.8. The first kappa shape index (κ1) is 31.2. The minimum absolute atomic E-state index is 0. The third kappa shape index (κ3) is 7.53. The largest absolute Gasteiger partial charge is 0.351 e. The molecule has 5 nitrogen and oxygen atoms in total. The molecular weight excluding hydrogens is 574 g/mol. The third-order valence-electron chi connectivity index (χ3n) is 6.04. The number of fused-ring (bicyclic) bond motifs is 1. The van der Waals surface area contributed by atoms with E-state index in [0.717, 1.165) is 41.8 Å². The van der Waals surface area contributed by atoms with Crippen LogP contribution in [0.5, 0.6) is 0 Å². The average Bonchev–Trinajstić information content (AvgIpc) is 3.20. The number of halogens is 5. The van der Waals surface area contributed by atoms with Crippen molar-refractivity contribution in [1.29, 1.82) is 0 Å². The number of imidazole rings is 1. The number of benzene rings is 3. The standard InChI is InChI=1S/C27H27Cl3N4O.2ClH/c1-3-33(4-2)14-13-31-27(35)19-7-12-25-24(15-19)32-26(22-11-10-21(29)16-23(22)30)34(25)17-18-5-8-20(28)9-6-18;;/h5-12,15-16H,3-4,13-14,17H2,1-2H3,(H,31,35);2*1H. The van der Waals surface area contributed by atoms with Crippen LogP contribution < -0.4 is 5.32 Å². The molecule has 10 heteroatoms. The Morgan fingerprint density at radius 2 is 1.59 bits per heavy atom. The molecule has 0 aliphatic rings. The van der Waals surface area contributed by atoms with E-state index in [4.69, 9.17) is 39.8 Å². The lowest BCUT2D eigenvalue weighted by molar-refractivity contribution is 0.0949. The summed E-state index contributed by atoms with van der Waals surface area (Å²) in [5.74, 6) is 0.591. The zero-order valence-electron chi connectivity index (χ0n) is 20.5. The van der Waals surface area contributed by atoms with Crippen LogP contribution >= 0.6 is 59.6 Å². The molecule has 37 heavy (non-hydrogen) atoms. The second-order valence-electron chi connectivity index (χ2n) is 8.26. The summed E-state index contributed by atoms with van der Waals surface area (Å²) in [6, 6.07) is 18.7. The van der Waals surface area contributed by atoms with Gasteiger partial charge in [-0.1, -0.05) is 60.8 Å². The average molecular weight is 603 g/mol. The summed E-state index contributed by atoms with van der Waals surface area (Å²) in [6.07, 6.45) is 0. The van der Waals surface area contributed by atoms with Crippen molar-refractivity contribution in [2.45, 2.75) is 20.4 Å². The predicted molar refractivity (Wildman–Crippen MR) is 160 cm³/mol. The van der Waals surface area contributed by atoms with E-state index in [1.165, 1.54) is 0 Å². The van der Waals surface area contributed by atoms with Crippen LogP contribution in [0.15, 0.2) is 60.7 Å². The van der Waals surface area contributed by atoms with Gasteiger partial charge in [0.1, 0.15) is 5.82 Å². The molecule has 4 rings (SSSR count). The molecule has 0 saturated carbocycles. The monoisotopic (exact) mass is 600 g/mol. The van der Waals surface area contributed by atoms with Crippen LogP contribution in [0.4, 0.5) is 0 Å². The first-order valence-electron chi connectivity index (χ1n) is 11.6. The Morgan fingerprint density at radius 1 is 0.919 bits per heavy atom. The lowest BCUT2D eigenvalue weighted by Crippen LogP contribution is -2.34. The van der Waals surface area contributed by atoms with Gasteiger partial charge in [0, 0.05) is 40.8 Å². The molecule has 0 aliphatic heterocycles. The van der Waals surface area contributed by atoms with Gasteiger partial charge >= 0.3 is 0 Å². The summed E-state index contributed by atoms with van der Waals surface area (Å²) in [5, 5.41) is 4.77. The van der Waals surface area contributed by atoms with E-state index in [-0.39, 0.29) is 30.7 Å². The summed E-state index contributed by atoms with van der Waals surface area (Å²) in [7, 11) is 0. The first-order chi connectivity index (χ1) is 16.9. The van der Waals surface area contributed by atoms with Crippen LogP contribution in [0.2, 0.25) is 15.1 Å². The highest BCUT2D eigenvalue weighted by molar-refractivity contribution is 6.36. The van der Waals surface area contributed by atoms with Crippen molar-refractivity contribution >= 4 is 76.6 Å². The van der Waals surface area contributed by atoms with Gasteiger partial charge < -0.3 is 14.8 Å². The fraction of sp³-hybridized carbons (Fsp3) is 0.259. The second kappa shape index (κ2) is 14.2. The maximum atomic E-state index is 12.8. The van der Waals surface area contributed by atoms with E-state index in [9.17, 15) is 4.79 Å². The highest BCUT2D eigenvalue weighted by atomic mass is 35.5. The lowest BCUT2D eigenvalue weighted by Gasteiger charge is -2.17. The number of hydrogen-bond donors (Lipinski definition) is 1. The van der Waals surface area contributed by atoms with Crippen molar-refractivity contribution < 1.29 is 4.79 Å². The number of nitrogens with one attached hydrogen (secondary N) is 1. The zero-order chi connectivity index (χ0) is 24.9. The van der Waals surface area contributed by atoms with Gasteiger partial charge in [0.2, 0.25) is 0 Å². The van der Waals surface area contributed by atoms with E-state index in [1.54, 1.807) is 12.1 Å². The van der Waals surface area contributed by atoms with Gasteiger partial charge in [-0.25, -0.2) is 4.98 Å². The van der Waals surface area contributed by atoms with Crippen LogP contribution in [-0.4, -0.2) is 46.5 Å². The summed E-state index contributed by atoms with van der Waals surface area (Å²) in [5.41, 5.74) is 4.03. The molecule has 1 aromatic heterocycles. The molecule has 0 bridgehead atoms. The molecule has 1 amide bonds. The number of amides is 1. The van der Waals surface area contributed by atoms with Crippen LogP contribution in [0, 0.1) is 0 Å². The van der Waals surface area contributed by atoms with E-state index < -0.39 is 0 Å². The lowest BCUT2D eigenvalue weighted by atomic mass is 10.1. The van der Waals surface area contributed by atoms with Crippen molar-refractivity contribution in [2.75, 3.05) is 26.2 Å². The molecule has 4 aromatic rings. The Hall–Kier alpha value is -1.99. The van der Waals surface area contributed by atoms with Crippen molar-refractivity contribution in [2.24, 2.45) is 0 Å². The summed E-state index contributed by atoms with van der Waals surface area (Å²) in [4.78, 5) is 20.0. The molecule has 1 N–H and O–H groups in total. The Bertz CT molecular complexity index is 1340. The fourth-order valence-electron chi connectivity index (χ4n) is 4.05. The number of rotatable bonds is 9. The molecule has 0 radical (unpaired) electrons. The molecule has 0 saturated heterocycles. The summed E-state index contributed by atoms with van der Waals surface area (Å²) >= 11 is 18.8. The molecule has 0 atom stereocenters. The highest BCUT2D eigenvalue weighted by Crippen LogP contribution is 2.33. The molecule has 1 heterocycles. The molecule has 0 fully saturated rings. The van der Waals surface area contributed by atoms with E-state index in [2.05, 4.69) is 28.6 Å². The summed E-state index contributed by atoms with van der Waals surface area (Å²) in [6.45, 7) is 8.12. The van der Waals surface area contributed by atoms with Gasteiger partial charge in [-0.15, -0.1) is 24.8 Å². The van der Waals surface area contributed by atoms with E-state index in [1.807, 2.05) is 48.5 Å². The number of aromatic nitrogens is 2. The minimum atomic E-state index is -0.114. The number of carbonyl (C=O) groups is 1. The zero-order valence-corrected chi connectivity index (χ0v) is 24.4. The van der Waals surface area contributed by atoms with Gasteiger partial charge in [0.25, 0.3) is 5.91 Å².